The van der Waals surface area contributed by atoms with E-state index in [9.17, 15) is 44.4 Å². The van der Waals surface area contributed by atoms with Crippen LogP contribution in [-0.4, -0.2) is 91.6 Å². The van der Waals surface area contributed by atoms with E-state index in [1.165, 1.54) is 6.92 Å². The quantitative estimate of drug-likeness (QED) is 0.0898. The minimum atomic E-state index is -2.43. The van der Waals surface area contributed by atoms with E-state index in [1.807, 2.05) is 62.4 Å². The number of nitrogens with one attached hydrogen (secondary N) is 3. The Kier molecular flexibility index (Phi) is 18.8. The van der Waals surface area contributed by atoms with Gasteiger partial charge in [0.1, 0.15) is 24.2 Å². The first-order chi connectivity index (χ1) is 24.6. The van der Waals surface area contributed by atoms with Crippen LogP contribution >= 0.6 is 0 Å². The van der Waals surface area contributed by atoms with Crippen molar-refractivity contribution in [3.05, 3.63) is 71.8 Å². The molecule has 2 aromatic carbocycles. The van der Waals surface area contributed by atoms with Gasteiger partial charge in [-0.3, -0.25) is 20.1 Å². The number of hydrogen-bond donors (Lipinski definition) is 10. The average molecular weight is 745 g/mol. The van der Waals surface area contributed by atoms with Crippen LogP contribution in [0, 0.1) is 17.8 Å². The monoisotopic (exact) mass is 744 g/mol. The predicted octanol–water partition coefficient (Wildman–Crippen LogP) is 0.883. The van der Waals surface area contributed by atoms with Gasteiger partial charge in [0, 0.05) is 6.04 Å². The van der Waals surface area contributed by atoms with E-state index in [4.69, 9.17) is 17.2 Å². The molecule has 15 nitrogen and oxygen atoms in total. The molecule has 0 bridgehead atoms. The molecular formula is C38H60N6O9. The Bertz CT molecular complexity index is 1470. The maximum Gasteiger partial charge on any atom is 0.326 e. The Balaban J connectivity index is 0.000000540. The summed E-state index contributed by atoms with van der Waals surface area (Å²) in [4.78, 5) is 60.3. The number of amides is 3. The summed E-state index contributed by atoms with van der Waals surface area (Å²) in [5, 5.41) is 46.7. The van der Waals surface area contributed by atoms with Crippen LogP contribution < -0.4 is 33.2 Å². The third-order valence-electron chi connectivity index (χ3n) is 9.41. The van der Waals surface area contributed by atoms with E-state index in [-0.39, 0.29) is 24.2 Å². The minimum absolute atomic E-state index is 0.148. The number of nitrogens with two attached hydrogens (primary N) is 3. The van der Waals surface area contributed by atoms with Gasteiger partial charge in [-0.15, -0.1) is 0 Å². The van der Waals surface area contributed by atoms with Crippen molar-refractivity contribution < 1.29 is 44.4 Å². The molecule has 53 heavy (non-hydrogen) atoms. The van der Waals surface area contributed by atoms with E-state index in [0.717, 1.165) is 11.1 Å². The fraction of sp³-hybridized carbons (Fsp3) is 0.553. The topological polar surface area (TPSA) is 280 Å². The molecule has 15 heteroatoms. The fourth-order valence-corrected chi connectivity index (χ4v) is 5.24. The number of carboxylic acids is 2. The molecule has 0 aliphatic heterocycles. The smallest absolute Gasteiger partial charge is 0.326 e. The number of aliphatic hydroxyl groups excluding tert-OH is 1. The Morgan fingerprint density at radius 1 is 0.698 bits per heavy atom. The van der Waals surface area contributed by atoms with E-state index in [2.05, 4.69) is 16.0 Å². The molecule has 0 aliphatic carbocycles. The van der Waals surface area contributed by atoms with Crippen molar-refractivity contribution in [3.63, 3.8) is 0 Å². The lowest BCUT2D eigenvalue weighted by Gasteiger charge is -2.39. The lowest BCUT2D eigenvalue weighted by Crippen LogP contribution is -2.73. The SMILES string of the molecule is CC[C@H](C)[C@H](NC(=O)[C@@H](NC(=O)C(O)C(N)Cc1ccccc1)C(C)C)C(=O)O.CC[C@H](C)[C@H](NC(=O)[C@](N)(O)C(C)(N)Cc1ccccc1)C(=O)O. The molecule has 0 fully saturated rings. The number of carbonyl (C=O) groups is 5. The Labute approximate surface area is 312 Å². The summed E-state index contributed by atoms with van der Waals surface area (Å²) in [6.45, 7) is 12.0. The van der Waals surface area contributed by atoms with E-state index >= 15 is 0 Å². The molecule has 13 N–H and O–H groups in total. The van der Waals surface area contributed by atoms with Crippen LogP contribution in [0.2, 0.25) is 0 Å². The molecule has 0 aromatic heterocycles. The van der Waals surface area contributed by atoms with Crippen LogP contribution in [0.3, 0.4) is 0 Å². The maximum atomic E-state index is 12.6. The third-order valence-corrected chi connectivity index (χ3v) is 9.41. The Morgan fingerprint density at radius 2 is 1.11 bits per heavy atom. The van der Waals surface area contributed by atoms with Crippen LogP contribution in [0.4, 0.5) is 0 Å². The lowest BCUT2D eigenvalue weighted by molar-refractivity contribution is -0.153. The average Bonchev–Trinajstić information content (AvgIpc) is 3.10. The lowest BCUT2D eigenvalue weighted by atomic mass is 9.83. The third kappa shape index (κ3) is 14.2. The van der Waals surface area contributed by atoms with Gasteiger partial charge < -0.3 is 47.8 Å². The van der Waals surface area contributed by atoms with Gasteiger partial charge in [0.25, 0.3) is 11.8 Å². The van der Waals surface area contributed by atoms with Crippen LogP contribution in [0.25, 0.3) is 0 Å². The molecular weight excluding hydrogens is 684 g/mol. The number of hydrogen-bond acceptors (Lipinski definition) is 10. The minimum Gasteiger partial charge on any atom is -0.480 e. The highest BCUT2D eigenvalue weighted by atomic mass is 16.4. The largest absolute Gasteiger partial charge is 0.480 e. The molecule has 3 unspecified atom stereocenters. The first-order valence-corrected chi connectivity index (χ1v) is 17.8. The predicted molar refractivity (Wildman–Crippen MR) is 201 cm³/mol. The molecule has 2 rings (SSSR count). The number of aliphatic carboxylic acids is 2. The highest BCUT2D eigenvalue weighted by Crippen LogP contribution is 2.21. The second-order valence-corrected chi connectivity index (χ2v) is 14.3. The summed E-state index contributed by atoms with van der Waals surface area (Å²) >= 11 is 0. The summed E-state index contributed by atoms with van der Waals surface area (Å²) in [5.74, 6) is -5.60. The van der Waals surface area contributed by atoms with Gasteiger partial charge in [-0.05, 0) is 48.6 Å². The second-order valence-electron chi connectivity index (χ2n) is 14.3. The van der Waals surface area contributed by atoms with Crippen LogP contribution in [0.1, 0.15) is 72.4 Å². The molecule has 9 atom stereocenters. The molecule has 0 radical (unpaired) electrons. The molecule has 3 amide bonds. The van der Waals surface area contributed by atoms with Gasteiger partial charge in [-0.1, -0.05) is 115 Å². The van der Waals surface area contributed by atoms with Crippen molar-refractivity contribution in [2.24, 2.45) is 35.0 Å². The van der Waals surface area contributed by atoms with Crippen LogP contribution in [-0.2, 0) is 36.8 Å². The summed E-state index contributed by atoms with van der Waals surface area (Å²) in [6.07, 6.45) is 0.0556. The molecule has 0 spiro atoms. The highest BCUT2D eigenvalue weighted by Gasteiger charge is 2.48. The Hall–Kier alpha value is -4.41. The summed E-state index contributed by atoms with van der Waals surface area (Å²) in [5.41, 5.74) is 15.6. The summed E-state index contributed by atoms with van der Waals surface area (Å²) in [6, 6.07) is 14.2. The molecule has 0 heterocycles. The number of rotatable bonds is 19. The first-order valence-electron chi connectivity index (χ1n) is 17.8. The van der Waals surface area contributed by atoms with Gasteiger partial charge in [0.05, 0.1) is 5.54 Å². The van der Waals surface area contributed by atoms with E-state index in [0.29, 0.717) is 19.3 Å². The molecule has 296 valence electrons. The van der Waals surface area contributed by atoms with Crippen molar-refractivity contribution >= 4 is 29.7 Å². The number of carboxylic acid groups (broad SMARTS) is 2. The molecule has 0 saturated carbocycles. The molecule has 2 aromatic rings. The zero-order chi connectivity index (χ0) is 40.7. The van der Waals surface area contributed by atoms with Gasteiger partial charge in [-0.2, -0.15) is 0 Å². The fourth-order valence-electron chi connectivity index (χ4n) is 5.24. The maximum absolute atomic E-state index is 12.6. The number of aliphatic hydroxyl groups is 2. The van der Waals surface area contributed by atoms with Crippen molar-refractivity contribution in [2.75, 3.05) is 0 Å². The van der Waals surface area contributed by atoms with Crippen molar-refractivity contribution in [1.82, 2.24) is 16.0 Å². The summed E-state index contributed by atoms with van der Waals surface area (Å²) in [7, 11) is 0. The standard InChI is InChI=1S/C21H33N3O5.C17H27N3O4/c1-5-13(4)17(21(28)29)24-19(26)16(12(2)3)23-20(27)18(25)15(22)11-14-9-7-6-8-10-14;1-4-11(2)13(14(21)22)20-15(23)17(19,24)16(3,18)10-12-8-6-5-7-9-12/h6-10,12-13,15-18,25H,5,11,22H2,1-4H3,(H,23,27)(H,24,26)(H,28,29);5-9,11,13,24H,4,10,18-19H2,1-3H3,(H,20,23)(H,21,22)/t13-,15?,16-,17-,18?;11-,13-,16?,17-/m00/s1. The zero-order valence-corrected chi connectivity index (χ0v) is 31.8. The van der Waals surface area contributed by atoms with Crippen LogP contribution in [0.15, 0.2) is 60.7 Å². The molecule has 0 aliphatic rings. The Morgan fingerprint density at radius 3 is 1.53 bits per heavy atom. The van der Waals surface area contributed by atoms with Gasteiger partial charge in [0.2, 0.25) is 11.6 Å². The van der Waals surface area contributed by atoms with Gasteiger partial charge in [-0.25, -0.2) is 9.59 Å². The van der Waals surface area contributed by atoms with Gasteiger partial charge >= 0.3 is 11.9 Å². The van der Waals surface area contributed by atoms with Crippen molar-refractivity contribution in [3.8, 4) is 0 Å². The van der Waals surface area contributed by atoms with E-state index in [1.54, 1.807) is 39.8 Å². The normalized spacial score (nSPS) is 17.5. The molecule has 0 saturated heterocycles. The first kappa shape index (κ1) is 46.6. The van der Waals surface area contributed by atoms with Gasteiger partial charge in [0.15, 0.2) is 0 Å². The van der Waals surface area contributed by atoms with Crippen molar-refractivity contribution in [1.29, 1.82) is 0 Å². The van der Waals surface area contributed by atoms with Crippen LogP contribution in [0.5, 0.6) is 0 Å². The highest BCUT2D eigenvalue weighted by molar-refractivity contribution is 5.92. The van der Waals surface area contributed by atoms with E-state index < -0.39 is 71.2 Å². The zero-order valence-electron chi connectivity index (χ0n) is 31.8. The summed E-state index contributed by atoms with van der Waals surface area (Å²) < 4.78 is 0. The number of benzene rings is 2. The number of carbonyl (C=O) groups excluding carboxylic acids is 3. The second kappa shape index (κ2) is 21.3. The van der Waals surface area contributed by atoms with Crippen molar-refractivity contribution in [2.45, 2.75) is 116 Å².